The Balaban J connectivity index is 1.82. The number of cyclic esters (lactones) is 1. The van der Waals surface area contributed by atoms with Crippen LogP contribution in [0.4, 0.5) is 5.69 Å². The fourth-order valence-electron chi connectivity index (χ4n) is 2.21. The van der Waals surface area contributed by atoms with Gasteiger partial charge in [-0.05, 0) is 48.0 Å². The summed E-state index contributed by atoms with van der Waals surface area (Å²) in [6.07, 6.45) is 1.48. The highest BCUT2D eigenvalue weighted by Crippen LogP contribution is 2.22. The highest BCUT2D eigenvalue weighted by molar-refractivity contribution is 6.12. The minimum Gasteiger partial charge on any atom is -0.427 e. The zero-order chi connectivity index (χ0) is 18.7. The van der Waals surface area contributed by atoms with E-state index in [1.165, 1.54) is 37.3 Å². The van der Waals surface area contributed by atoms with Crippen LogP contribution in [-0.4, -0.2) is 22.8 Å². The second-order valence-corrected chi connectivity index (χ2v) is 5.30. The van der Waals surface area contributed by atoms with Crippen molar-refractivity contribution in [2.45, 2.75) is 6.92 Å². The molecule has 0 fully saturated rings. The van der Waals surface area contributed by atoms with Crippen molar-refractivity contribution < 1.29 is 24.0 Å². The summed E-state index contributed by atoms with van der Waals surface area (Å²) in [5.41, 5.74) is 1.16. The van der Waals surface area contributed by atoms with Crippen molar-refractivity contribution in [2.75, 3.05) is 0 Å². The molecule has 8 heteroatoms. The summed E-state index contributed by atoms with van der Waals surface area (Å²) in [7, 11) is 0. The van der Waals surface area contributed by atoms with Crippen LogP contribution in [0.3, 0.4) is 0 Å². The van der Waals surface area contributed by atoms with E-state index in [1.54, 1.807) is 24.3 Å². The first-order valence-corrected chi connectivity index (χ1v) is 7.48. The molecule has 0 saturated carbocycles. The molecule has 0 bridgehead atoms. The molecule has 1 aliphatic rings. The normalized spacial score (nSPS) is 14.7. The van der Waals surface area contributed by atoms with Crippen LogP contribution < -0.4 is 4.74 Å². The molecule has 0 amide bonds. The highest BCUT2D eigenvalue weighted by atomic mass is 16.6. The quantitative estimate of drug-likeness (QED) is 0.275. The van der Waals surface area contributed by atoms with Gasteiger partial charge in [0.2, 0.25) is 5.90 Å². The lowest BCUT2D eigenvalue weighted by atomic mass is 10.2. The average Bonchev–Trinajstić information content (AvgIpc) is 2.96. The molecule has 2 aromatic carbocycles. The third kappa shape index (κ3) is 3.81. The van der Waals surface area contributed by atoms with E-state index in [1.807, 2.05) is 0 Å². The Morgan fingerprint density at radius 3 is 2.38 bits per heavy atom. The fourth-order valence-corrected chi connectivity index (χ4v) is 2.21. The number of carbonyl (C=O) groups is 2. The summed E-state index contributed by atoms with van der Waals surface area (Å²) in [5, 5.41) is 10.7. The minimum atomic E-state index is -0.623. The van der Waals surface area contributed by atoms with Gasteiger partial charge in [-0.1, -0.05) is 0 Å². The van der Waals surface area contributed by atoms with E-state index in [0.29, 0.717) is 16.9 Å². The van der Waals surface area contributed by atoms with Crippen molar-refractivity contribution in [3.63, 3.8) is 0 Å². The smallest absolute Gasteiger partial charge is 0.363 e. The maximum absolute atomic E-state index is 12.0. The second kappa shape index (κ2) is 6.98. The average molecular weight is 352 g/mol. The summed E-state index contributed by atoms with van der Waals surface area (Å²) in [5.74, 6) is -0.566. The molecule has 130 valence electrons. The number of carbonyl (C=O) groups excluding carboxylic acids is 2. The standard InChI is InChI=1S/C18H12N2O6/c1-11(21)25-15-8-4-13(5-9-15)17-19-16(18(22)26-17)10-12-2-6-14(7-3-12)20(23)24/h2-10H,1H3/b16-10-. The maximum Gasteiger partial charge on any atom is 0.363 e. The van der Waals surface area contributed by atoms with Crippen molar-refractivity contribution in [3.8, 4) is 5.75 Å². The van der Waals surface area contributed by atoms with Crippen LogP contribution in [0.25, 0.3) is 6.08 Å². The topological polar surface area (TPSA) is 108 Å². The highest BCUT2D eigenvalue weighted by Gasteiger charge is 2.24. The Morgan fingerprint density at radius 2 is 1.81 bits per heavy atom. The maximum atomic E-state index is 12.0. The molecular formula is C18H12N2O6. The lowest BCUT2D eigenvalue weighted by Crippen LogP contribution is -2.06. The van der Waals surface area contributed by atoms with Gasteiger partial charge in [-0.2, -0.15) is 0 Å². The van der Waals surface area contributed by atoms with Gasteiger partial charge < -0.3 is 9.47 Å². The lowest BCUT2D eigenvalue weighted by molar-refractivity contribution is -0.384. The van der Waals surface area contributed by atoms with Crippen molar-refractivity contribution in [3.05, 3.63) is 75.5 Å². The van der Waals surface area contributed by atoms with Gasteiger partial charge in [0, 0.05) is 24.6 Å². The first-order chi connectivity index (χ1) is 12.4. The van der Waals surface area contributed by atoms with E-state index in [9.17, 15) is 19.7 Å². The number of aliphatic imine (C=N–C) groups is 1. The van der Waals surface area contributed by atoms with Gasteiger partial charge in [-0.15, -0.1) is 0 Å². The molecule has 1 aliphatic heterocycles. The number of non-ortho nitro benzene ring substituents is 1. The predicted octanol–water partition coefficient (Wildman–Crippen LogP) is 2.86. The first kappa shape index (κ1) is 17.0. The van der Waals surface area contributed by atoms with Gasteiger partial charge in [0.15, 0.2) is 5.70 Å². The third-order valence-electron chi connectivity index (χ3n) is 3.39. The molecule has 1 heterocycles. The van der Waals surface area contributed by atoms with Gasteiger partial charge >= 0.3 is 11.9 Å². The predicted molar refractivity (Wildman–Crippen MR) is 91.5 cm³/mol. The molecule has 8 nitrogen and oxygen atoms in total. The second-order valence-electron chi connectivity index (χ2n) is 5.30. The Morgan fingerprint density at radius 1 is 1.15 bits per heavy atom. The molecule has 0 unspecified atom stereocenters. The number of ether oxygens (including phenoxy) is 2. The molecule has 0 aliphatic carbocycles. The van der Waals surface area contributed by atoms with Crippen molar-refractivity contribution in [2.24, 2.45) is 4.99 Å². The zero-order valence-corrected chi connectivity index (χ0v) is 13.5. The zero-order valence-electron chi connectivity index (χ0n) is 13.5. The van der Waals surface area contributed by atoms with Crippen LogP contribution in [0.2, 0.25) is 0 Å². The van der Waals surface area contributed by atoms with Gasteiger partial charge in [-0.3, -0.25) is 14.9 Å². The number of nitro benzene ring substituents is 1. The summed E-state index contributed by atoms with van der Waals surface area (Å²) < 4.78 is 10.1. The van der Waals surface area contributed by atoms with E-state index in [-0.39, 0.29) is 17.3 Å². The molecule has 2 aromatic rings. The first-order valence-electron chi connectivity index (χ1n) is 7.48. The molecule has 3 rings (SSSR count). The number of nitrogens with zero attached hydrogens (tertiary/aromatic N) is 2. The van der Waals surface area contributed by atoms with Crippen molar-refractivity contribution in [1.82, 2.24) is 0 Å². The number of hydrogen-bond acceptors (Lipinski definition) is 7. The van der Waals surface area contributed by atoms with E-state index in [2.05, 4.69) is 4.99 Å². The molecule has 0 spiro atoms. The number of rotatable bonds is 4. The lowest BCUT2D eigenvalue weighted by Gasteiger charge is -2.02. The van der Waals surface area contributed by atoms with E-state index in [4.69, 9.17) is 9.47 Å². The monoisotopic (exact) mass is 352 g/mol. The van der Waals surface area contributed by atoms with Gasteiger partial charge in [0.1, 0.15) is 5.75 Å². The molecule has 26 heavy (non-hydrogen) atoms. The molecule has 0 atom stereocenters. The van der Waals surface area contributed by atoms with Crippen LogP contribution in [0.15, 0.2) is 59.2 Å². The van der Waals surface area contributed by atoms with Crippen LogP contribution in [-0.2, 0) is 14.3 Å². The van der Waals surface area contributed by atoms with Gasteiger partial charge in [-0.25, -0.2) is 9.79 Å². The van der Waals surface area contributed by atoms with Crippen molar-refractivity contribution >= 4 is 29.6 Å². The third-order valence-corrected chi connectivity index (χ3v) is 3.39. The van der Waals surface area contributed by atoms with Gasteiger partial charge in [0.05, 0.1) is 4.92 Å². The fraction of sp³-hybridized carbons (Fsp3) is 0.0556. The largest absolute Gasteiger partial charge is 0.427 e. The summed E-state index contributed by atoms with van der Waals surface area (Å²) in [4.78, 5) is 37.2. The van der Waals surface area contributed by atoms with Crippen LogP contribution in [0.1, 0.15) is 18.1 Å². The van der Waals surface area contributed by atoms with E-state index < -0.39 is 16.9 Å². The molecule has 0 aromatic heterocycles. The Labute approximate surface area is 147 Å². The SMILES string of the molecule is CC(=O)Oc1ccc(C2=N/C(=C\c3ccc([N+](=O)[O-])cc3)C(=O)O2)cc1. The minimum absolute atomic E-state index is 0.0433. The van der Waals surface area contributed by atoms with Gasteiger partial charge in [0.25, 0.3) is 5.69 Å². The molecule has 0 saturated heterocycles. The summed E-state index contributed by atoms with van der Waals surface area (Å²) in [6, 6.07) is 12.0. The number of benzene rings is 2. The van der Waals surface area contributed by atoms with Crippen molar-refractivity contribution in [1.29, 1.82) is 0 Å². The molecule has 0 N–H and O–H groups in total. The number of hydrogen-bond donors (Lipinski definition) is 0. The van der Waals surface area contributed by atoms with E-state index in [0.717, 1.165) is 0 Å². The summed E-state index contributed by atoms with van der Waals surface area (Å²) >= 11 is 0. The Bertz CT molecular complexity index is 943. The van der Waals surface area contributed by atoms with Crippen LogP contribution in [0.5, 0.6) is 5.75 Å². The van der Waals surface area contributed by atoms with Crippen LogP contribution in [0, 0.1) is 10.1 Å². The summed E-state index contributed by atoms with van der Waals surface area (Å²) in [6.45, 7) is 1.30. The molecular weight excluding hydrogens is 340 g/mol. The number of esters is 2. The van der Waals surface area contributed by atoms with E-state index >= 15 is 0 Å². The molecule has 0 radical (unpaired) electrons. The van der Waals surface area contributed by atoms with Crippen LogP contribution >= 0.6 is 0 Å². The number of nitro groups is 1. The Kier molecular flexibility index (Phi) is 4.57. The Hall–Kier alpha value is -3.81.